The Morgan fingerprint density at radius 1 is 0.943 bits per heavy atom. The standard InChI is InChI=1S/C27H25ClN4O3/c1-3-30(4-2)24(33)17-31-23-12-8-6-10-21(23)27(26(31)35)29-22-11-7-5-9-20(22)25(34)32(27)19-15-13-18(28)14-16-19/h5-16,29H,3-4,17H2,1-2H3. The molecule has 8 heteroatoms. The SMILES string of the molecule is CCN(CC)C(=O)CN1C(=O)C2(Nc3ccccc3C(=O)N2c2ccc(Cl)cc2)c2ccccc21. The Balaban J connectivity index is 1.71. The molecule has 3 amide bonds. The van der Waals surface area contributed by atoms with E-state index in [1.165, 1.54) is 9.80 Å². The van der Waals surface area contributed by atoms with Crippen molar-refractivity contribution in [2.75, 3.05) is 34.8 Å². The van der Waals surface area contributed by atoms with Crippen molar-refractivity contribution in [2.24, 2.45) is 0 Å². The van der Waals surface area contributed by atoms with Gasteiger partial charge in [0.25, 0.3) is 11.8 Å². The number of carbonyl (C=O) groups is 3. The van der Waals surface area contributed by atoms with Crippen molar-refractivity contribution >= 4 is 46.4 Å². The summed E-state index contributed by atoms with van der Waals surface area (Å²) in [5, 5.41) is 3.91. The fourth-order valence-electron chi connectivity index (χ4n) is 4.94. The molecule has 2 heterocycles. The van der Waals surface area contributed by atoms with E-state index in [1.807, 2.05) is 44.2 Å². The first kappa shape index (κ1) is 22.9. The lowest BCUT2D eigenvalue weighted by molar-refractivity contribution is -0.131. The minimum absolute atomic E-state index is 0.120. The number of benzene rings is 3. The molecule has 1 spiro atoms. The van der Waals surface area contributed by atoms with Crippen LogP contribution >= 0.6 is 11.6 Å². The van der Waals surface area contributed by atoms with Gasteiger partial charge in [-0.05, 0) is 56.3 Å². The molecule has 0 aromatic heterocycles. The Bertz CT molecular complexity index is 1320. The lowest BCUT2D eigenvalue weighted by Gasteiger charge is -2.45. The van der Waals surface area contributed by atoms with Crippen LogP contribution < -0.4 is 15.1 Å². The first-order valence-electron chi connectivity index (χ1n) is 11.6. The van der Waals surface area contributed by atoms with Crippen LogP contribution in [0.25, 0.3) is 0 Å². The third-order valence-electron chi connectivity index (χ3n) is 6.65. The molecule has 2 aliphatic heterocycles. The summed E-state index contributed by atoms with van der Waals surface area (Å²) in [6, 6.07) is 21.2. The van der Waals surface area contributed by atoms with E-state index in [0.717, 1.165) is 0 Å². The maximum atomic E-state index is 14.4. The molecule has 7 nitrogen and oxygen atoms in total. The average Bonchev–Trinajstić information content (AvgIpc) is 3.09. The molecule has 3 aromatic rings. The zero-order chi connectivity index (χ0) is 24.7. The van der Waals surface area contributed by atoms with E-state index in [2.05, 4.69) is 5.32 Å². The van der Waals surface area contributed by atoms with Crippen LogP contribution in [0.2, 0.25) is 5.02 Å². The van der Waals surface area contributed by atoms with Gasteiger partial charge in [-0.1, -0.05) is 41.9 Å². The van der Waals surface area contributed by atoms with Crippen LogP contribution in [0.4, 0.5) is 17.1 Å². The predicted molar refractivity (Wildman–Crippen MR) is 137 cm³/mol. The van der Waals surface area contributed by atoms with E-state index < -0.39 is 11.6 Å². The highest BCUT2D eigenvalue weighted by atomic mass is 35.5. The van der Waals surface area contributed by atoms with Crippen molar-refractivity contribution in [3.8, 4) is 0 Å². The van der Waals surface area contributed by atoms with Crippen LogP contribution in [0, 0.1) is 0 Å². The molecule has 5 rings (SSSR count). The summed E-state index contributed by atoms with van der Waals surface area (Å²) in [5.41, 5.74) is 1.17. The maximum absolute atomic E-state index is 14.4. The Morgan fingerprint density at radius 2 is 1.60 bits per heavy atom. The predicted octanol–water partition coefficient (Wildman–Crippen LogP) is 4.48. The topological polar surface area (TPSA) is 73.0 Å². The van der Waals surface area contributed by atoms with Crippen LogP contribution in [-0.2, 0) is 15.3 Å². The number of fused-ring (bicyclic) bond motifs is 3. The van der Waals surface area contributed by atoms with E-state index in [4.69, 9.17) is 11.6 Å². The van der Waals surface area contributed by atoms with Crippen molar-refractivity contribution < 1.29 is 14.4 Å². The number of nitrogens with zero attached hydrogens (tertiary/aromatic N) is 3. The van der Waals surface area contributed by atoms with E-state index in [-0.39, 0.29) is 18.4 Å². The number of carbonyl (C=O) groups excluding carboxylic acids is 3. The van der Waals surface area contributed by atoms with Crippen LogP contribution in [0.5, 0.6) is 0 Å². The monoisotopic (exact) mass is 488 g/mol. The molecule has 0 bridgehead atoms. The lowest BCUT2D eigenvalue weighted by atomic mass is 9.92. The normalized spacial score (nSPS) is 18.4. The number of likely N-dealkylation sites (N-methyl/N-ethyl adjacent to an activating group) is 1. The highest BCUT2D eigenvalue weighted by molar-refractivity contribution is 6.30. The van der Waals surface area contributed by atoms with Gasteiger partial charge in [0.05, 0.1) is 11.3 Å². The maximum Gasteiger partial charge on any atom is 0.279 e. The smallest absolute Gasteiger partial charge is 0.279 e. The molecule has 2 aliphatic rings. The Kier molecular flexibility index (Phi) is 5.73. The summed E-state index contributed by atoms with van der Waals surface area (Å²) < 4.78 is 0. The zero-order valence-electron chi connectivity index (χ0n) is 19.5. The van der Waals surface area contributed by atoms with E-state index in [1.54, 1.807) is 47.4 Å². The second kappa shape index (κ2) is 8.74. The Labute approximate surface area is 208 Å². The fourth-order valence-corrected chi connectivity index (χ4v) is 5.07. The fraction of sp³-hybridized carbons (Fsp3) is 0.222. The Hall–Kier alpha value is -3.84. The van der Waals surface area contributed by atoms with Crippen molar-refractivity contribution in [1.82, 2.24) is 4.90 Å². The molecule has 3 aromatic carbocycles. The van der Waals surface area contributed by atoms with E-state index in [0.29, 0.717) is 46.3 Å². The molecule has 0 saturated carbocycles. The minimum Gasteiger partial charge on any atom is -0.350 e. The van der Waals surface area contributed by atoms with Crippen LogP contribution in [0.1, 0.15) is 29.8 Å². The van der Waals surface area contributed by atoms with Gasteiger partial charge >= 0.3 is 0 Å². The van der Waals surface area contributed by atoms with Crippen molar-refractivity contribution in [1.29, 1.82) is 0 Å². The molecule has 0 fully saturated rings. The number of hydrogen-bond acceptors (Lipinski definition) is 4. The third-order valence-corrected chi connectivity index (χ3v) is 6.90. The molecular formula is C27H25ClN4O3. The minimum atomic E-state index is -1.56. The number of nitrogens with one attached hydrogen (secondary N) is 1. The van der Waals surface area contributed by atoms with Gasteiger partial charge in [-0.3, -0.25) is 24.2 Å². The number of amides is 3. The molecule has 178 valence electrons. The summed E-state index contributed by atoms with van der Waals surface area (Å²) in [6.07, 6.45) is 0. The second-order valence-electron chi connectivity index (χ2n) is 8.47. The molecule has 1 N–H and O–H groups in total. The highest BCUT2D eigenvalue weighted by Crippen LogP contribution is 2.49. The molecule has 0 radical (unpaired) electrons. The van der Waals surface area contributed by atoms with Crippen LogP contribution in [-0.4, -0.2) is 42.3 Å². The van der Waals surface area contributed by atoms with Gasteiger partial charge in [0.2, 0.25) is 11.6 Å². The second-order valence-corrected chi connectivity index (χ2v) is 8.91. The average molecular weight is 489 g/mol. The molecule has 1 atom stereocenters. The number of para-hydroxylation sites is 2. The van der Waals surface area contributed by atoms with Crippen LogP contribution in [0.15, 0.2) is 72.8 Å². The first-order valence-corrected chi connectivity index (χ1v) is 12.0. The van der Waals surface area contributed by atoms with E-state index in [9.17, 15) is 14.4 Å². The number of hydrogen-bond donors (Lipinski definition) is 1. The summed E-state index contributed by atoms with van der Waals surface area (Å²) in [6.45, 7) is 4.79. The number of anilines is 3. The van der Waals surface area contributed by atoms with E-state index >= 15 is 0 Å². The van der Waals surface area contributed by atoms with Gasteiger partial charge < -0.3 is 10.2 Å². The highest BCUT2D eigenvalue weighted by Gasteiger charge is 2.60. The number of halogens is 1. The van der Waals surface area contributed by atoms with Gasteiger partial charge in [0, 0.05) is 35.1 Å². The van der Waals surface area contributed by atoms with Crippen molar-refractivity contribution in [3.05, 3.63) is 88.9 Å². The molecule has 1 unspecified atom stereocenters. The summed E-state index contributed by atoms with van der Waals surface area (Å²) in [4.78, 5) is 46.0. The number of rotatable bonds is 5. The van der Waals surface area contributed by atoms with Gasteiger partial charge in [-0.25, -0.2) is 0 Å². The molecule has 0 aliphatic carbocycles. The molecule has 0 saturated heterocycles. The lowest BCUT2D eigenvalue weighted by Crippen LogP contribution is -2.63. The summed E-state index contributed by atoms with van der Waals surface area (Å²) in [7, 11) is 0. The summed E-state index contributed by atoms with van der Waals surface area (Å²) >= 11 is 6.13. The molecule has 35 heavy (non-hydrogen) atoms. The third kappa shape index (κ3) is 3.46. The van der Waals surface area contributed by atoms with Gasteiger partial charge in [0.15, 0.2) is 0 Å². The summed E-state index contributed by atoms with van der Waals surface area (Å²) in [5.74, 6) is -0.866. The van der Waals surface area contributed by atoms with Gasteiger partial charge in [-0.15, -0.1) is 0 Å². The van der Waals surface area contributed by atoms with Crippen molar-refractivity contribution in [3.63, 3.8) is 0 Å². The van der Waals surface area contributed by atoms with Gasteiger partial charge in [-0.2, -0.15) is 0 Å². The molecular weight excluding hydrogens is 464 g/mol. The van der Waals surface area contributed by atoms with Crippen molar-refractivity contribution in [2.45, 2.75) is 19.5 Å². The zero-order valence-corrected chi connectivity index (χ0v) is 20.2. The van der Waals surface area contributed by atoms with Gasteiger partial charge in [0.1, 0.15) is 6.54 Å². The van der Waals surface area contributed by atoms with Crippen LogP contribution in [0.3, 0.4) is 0 Å². The largest absolute Gasteiger partial charge is 0.350 e. The first-order chi connectivity index (χ1) is 16.9. The quantitative estimate of drug-likeness (QED) is 0.574. The Morgan fingerprint density at radius 3 is 2.31 bits per heavy atom.